The first-order chi connectivity index (χ1) is 15.1. The molecular formula is C29H22O2. The molecule has 0 heterocycles. The van der Waals surface area contributed by atoms with Crippen molar-refractivity contribution in [2.24, 2.45) is 0 Å². The number of benzene rings is 5. The van der Waals surface area contributed by atoms with Crippen molar-refractivity contribution < 1.29 is 10.2 Å². The Morgan fingerprint density at radius 1 is 0.613 bits per heavy atom. The van der Waals surface area contributed by atoms with Crippen LogP contribution in [0.5, 0.6) is 0 Å². The summed E-state index contributed by atoms with van der Waals surface area (Å²) in [6, 6.07) is 33.8. The van der Waals surface area contributed by atoms with Crippen LogP contribution in [0.25, 0.3) is 38.4 Å². The van der Waals surface area contributed by atoms with Gasteiger partial charge in [-0.15, -0.1) is 0 Å². The number of hydrogen-bond donors (Lipinski definition) is 2. The molecule has 0 aliphatic heterocycles. The number of hydrogen-bond acceptors (Lipinski definition) is 2. The molecule has 0 saturated heterocycles. The molecule has 0 saturated carbocycles. The van der Waals surface area contributed by atoms with E-state index in [1.165, 1.54) is 0 Å². The first-order valence-corrected chi connectivity index (χ1v) is 10.3. The molecule has 1 unspecified atom stereocenters. The van der Waals surface area contributed by atoms with Gasteiger partial charge in [0.1, 0.15) is 11.9 Å². The average molecular weight is 402 g/mol. The first-order valence-electron chi connectivity index (χ1n) is 10.3. The Labute approximate surface area is 181 Å². The Kier molecular flexibility index (Phi) is 4.78. The van der Waals surface area contributed by atoms with Gasteiger partial charge < -0.3 is 10.2 Å². The fourth-order valence-corrected chi connectivity index (χ4v) is 4.39. The van der Waals surface area contributed by atoms with E-state index in [0.717, 1.165) is 43.8 Å². The summed E-state index contributed by atoms with van der Waals surface area (Å²) in [7, 11) is 0. The van der Waals surface area contributed by atoms with Crippen LogP contribution in [0.15, 0.2) is 110 Å². The quantitative estimate of drug-likeness (QED) is 0.310. The second-order valence-electron chi connectivity index (χ2n) is 7.72. The zero-order valence-electron chi connectivity index (χ0n) is 17.0. The summed E-state index contributed by atoms with van der Waals surface area (Å²) in [5.41, 5.74) is 4.08. The Balaban J connectivity index is 1.93. The van der Waals surface area contributed by atoms with E-state index in [1.54, 1.807) is 0 Å². The van der Waals surface area contributed by atoms with Crippen LogP contribution in [-0.4, -0.2) is 10.2 Å². The van der Waals surface area contributed by atoms with Crippen molar-refractivity contribution in [3.8, 4) is 11.1 Å². The van der Waals surface area contributed by atoms with Gasteiger partial charge in [-0.3, -0.25) is 0 Å². The molecule has 0 amide bonds. The standard InChI is InChI=1S/C29H22O2/c1-19(30)23-17-15-20-9-5-7-13-24(20)27(23)28-25-14-8-6-10-21(25)16-18-26(28)29(31)22-11-3-2-4-12-22/h2-18,29-31H,1H2. The third-order valence-electron chi connectivity index (χ3n) is 5.86. The van der Waals surface area contributed by atoms with Gasteiger partial charge in [-0.05, 0) is 38.2 Å². The summed E-state index contributed by atoms with van der Waals surface area (Å²) in [4.78, 5) is 0. The third kappa shape index (κ3) is 3.27. The van der Waals surface area contributed by atoms with Gasteiger partial charge >= 0.3 is 0 Å². The monoisotopic (exact) mass is 402 g/mol. The molecule has 0 radical (unpaired) electrons. The zero-order chi connectivity index (χ0) is 21.4. The van der Waals surface area contributed by atoms with Gasteiger partial charge in [0.2, 0.25) is 0 Å². The van der Waals surface area contributed by atoms with Crippen LogP contribution in [0.2, 0.25) is 0 Å². The lowest BCUT2D eigenvalue weighted by atomic mass is 9.84. The van der Waals surface area contributed by atoms with E-state index in [4.69, 9.17) is 0 Å². The molecular weight excluding hydrogens is 380 g/mol. The molecule has 2 N–H and O–H groups in total. The number of fused-ring (bicyclic) bond motifs is 2. The van der Waals surface area contributed by atoms with Crippen LogP contribution in [0.4, 0.5) is 0 Å². The average Bonchev–Trinajstić information content (AvgIpc) is 2.82. The zero-order valence-corrected chi connectivity index (χ0v) is 17.0. The highest BCUT2D eigenvalue weighted by molar-refractivity contribution is 6.09. The smallest absolute Gasteiger partial charge is 0.116 e. The molecule has 0 aliphatic rings. The van der Waals surface area contributed by atoms with Crippen molar-refractivity contribution in [3.05, 3.63) is 126 Å². The minimum absolute atomic E-state index is 0.00818. The maximum Gasteiger partial charge on any atom is 0.116 e. The molecule has 0 aliphatic carbocycles. The Bertz CT molecular complexity index is 1420. The molecule has 0 spiro atoms. The predicted molar refractivity (Wildman–Crippen MR) is 129 cm³/mol. The summed E-state index contributed by atoms with van der Waals surface area (Å²) < 4.78 is 0. The van der Waals surface area contributed by atoms with E-state index in [-0.39, 0.29) is 5.76 Å². The van der Waals surface area contributed by atoms with Crippen LogP contribution in [0.1, 0.15) is 22.8 Å². The SMILES string of the molecule is C=C(O)c1ccc2ccccc2c1-c1c(C(O)c2ccccc2)ccc2ccccc12. The van der Waals surface area contributed by atoms with Crippen LogP contribution in [-0.2, 0) is 0 Å². The van der Waals surface area contributed by atoms with Crippen LogP contribution in [0.3, 0.4) is 0 Å². The van der Waals surface area contributed by atoms with E-state index in [2.05, 4.69) is 30.8 Å². The Morgan fingerprint density at radius 3 is 1.81 bits per heavy atom. The highest BCUT2D eigenvalue weighted by atomic mass is 16.3. The van der Waals surface area contributed by atoms with Crippen molar-refractivity contribution in [3.63, 3.8) is 0 Å². The molecule has 1 atom stereocenters. The van der Waals surface area contributed by atoms with Crippen molar-refractivity contribution in [2.75, 3.05) is 0 Å². The molecule has 0 aromatic heterocycles. The van der Waals surface area contributed by atoms with Gasteiger partial charge in [0, 0.05) is 11.1 Å². The minimum Gasteiger partial charge on any atom is -0.508 e. The van der Waals surface area contributed by atoms with Crippen molar-refractivity contribution in [2.45, 2.75) is 6.10 Å². The Morgan fingerprint density at radius 2 is 1.16 bits per heavy atom. The molecule has 2 heteroatoms. The van der Waals surface area contributed by atoms with Gasteiger partial charge in [0.15, 0.2) is 0 Å². The van der Waals surface area contributed by atoms with Gasteiger partial charge in [-0.2, -0.15) is 0 Å². The largest absolute Gasteiger partial charge is 0.508 e. The molecule has 5 rings (SSSR count). The van der Waals surface area contributed by atoms with Crippen molar-refractivity contribution in [1.82, 2.24) is 0 Å². The summed E-state index contributed by atoms with van der Waals surface area (Å²) in [5.74, 6) is 0.00818. The summed E-state index contributed by atoms with van der Waals surface area (Å²) in [5, 5.41) is 26.1. The van der Waals surface area contributed by atoms with Gasteiger partial charge in [0.25, 0.3) is 0 Å². The molecule has 0 bridgehead atoms. The van der Waals surface area contributed by atoms with Gasteiger partial charge in [-0.25, -0.2) is 0 Å². The van der Waals surface area contributed by atoms with E-state index in [0.29, 0.717) is 5.56 Å². The van der Waals surface area contributed by atoms with E-state index in [1.807, 2.05) is 78.9 Å². The van der Waals surface area contributed by atoms with Crippen molar-refractivity contribution >= 4 is 27.3 Å². The predicted octanol–water partition coefficient (Wildman–Crippen LogP) is 7.27. The number of rotatable bonds is 4. The molecule has 5 aromatic rings. The third-order valence-corrected chi connectivity index (χ3v) is 5.86. The van der Waals surface area contributed by atoms with E-state index in [9.17, 15) is 10.2 Å². The van der Waals surface area contributed by atoms with E-state index >= 15 is 0 Å². The Hall–Kier alpha value is -3.88. The normalized spacial score (nSPS) is 12.2. The highest BCUT2D eigenvalue weighted by Gasteiger charge is 2.22. The summed E-state index contributed by atoms with van der Waals surface area (Å²) in [6.45, 7) is 3.82. The van der Waals surface area contributed by atoms with Crippen LogP contribution >= 0.6 is 0 Å². The molecule has 150 valence electrons. The molecule has 5 aromatic carbocycles. The molecule has 0 fully saturated rings. The fraction of sp³-hybridized carbons (Fsp3) is 0.0345. The second kappa shape index (κ2) is 7.75. The number of aliphatic hydroxyl groups is 2. The highest BCUT2D eigenvalue weighted by Crippen LogP contribution is 2.43. The lowest BCUT2D eigenvalue weighted by Gasteiger charge is -2.22. The number of aliphatic hydroxyl groups excluding tert-OH is 2. The first kappa shape index (κ1) is 19.1. The topological polar surface area (TPSA) is 40.5 Å². The summed E-state index contributed by atoms with van der Waals surface area (Å²) in [6.07, 6.45) is -0.806. The lowest BCUT2D eigenvalue weighted by Crippen LogP contribution is -2.04. The maximum absolute atomic E-state index is 11.4. The van der Waals surface area contributed by atoms with Gasteiger partial charge in [-0.1, -0.05) is 110 Å². The van der Waals surface area contributed by atoms with E-state index < -0.39 is 6.10 Å². The lowest BCUT2D eigenvalue weighted by molar-refractivity contribution is 0.221. The summed E-state index contributed by atoms with van der Waals surface area (Å²) >= 11 is 0. The second-order valence-corrected chi connectivity index (χ2v) is 7.72. The van der Waals surface area contributed by atoms with Crippen molar-refractivity contribution in [1.29, 1.82) is 0 Å². The van der Waals surface area contributed by atoms with Crippen LogP contribution < -0.4 is 0 Å². The molecule has 31 heavy (non-hydrogen) atoms. The maximum atomic E-state index is 11.4. The van der Waals surface area contributed by atoms with Crippen LogP contribution in [0, 0.1) is 0 Å². The fourth-order valence-electron chi connectivity index (χ4n) is 4.39. The minimum atomic E-state index is -0.806. The molecule has 2 nitrogen and oxygen atoms in total. The van der Waals surface area contributed by atoms with Gasteiger partial charge in [0.05, 0.1) is 0 Å².